The van der Waals surface area contributed by atoms with E-state index in [0.717, 1.165) is 15.8 Å². The van der Waals surface area contributed by atoms with Crippen molar-refractivity contribution in [2.24, 2.45) is 0 Å². The predicted octanol–water partition coefficient (Wildman–Crippen LogP) is 4.05. The molecule has 6 heteroatoms. The van der Waals surface area contributed by atoms with E-state index in [4.69, 9.17) is 5.41 Å². The molecule has 1 amide bonds. The molecule has 4 nitrogen and oxygen atoms in total. The van der Waals surface area contributed by atoms with Crippen LogP contribution in [0.1, 0.15) is 10.8 Å². The Morgan fingerprint density at radius 2 is 1.77 bits per heavy atom. The number of fused-ring (bicyclic) bond motifs is 1. The third-order valence-electron chi connectivity index (χ3n) is 3.45. The molecular formula is C16H11N3OS2. The highest BCUT2D eigenvalue weighted by atomic mass is 32.2. The van der Waals surface area contributed by atoms with Crippen LogP contribution in [0.25, 0.3) is 10.2 Å². The van der Waals surface area contributed by atoms with Gasteiger partial charge in [-0.3, -0.25) is 10.2 Å². The maximum Gasteiger partial charge on any atom is 0.253 e. The van der Waals surface area contributed by atoms with Gasteiger partial charge < -0.3 is 0 Å². The third kappa shape index (κ3) is 2.12. The lowest BCUT2D eigenvalue weighted by molar-refractivity contribution is -0.117. The summed E-state index contributed by atoms with van der Waals surface area (Å²) in [5, 5.41) is 8.61. The molecule has 0 radical (unpaired) electrons. The van der Waals surface area contributed by atoms with E-state index in [9.17, 15) is 4.79 Å². The zero-order chi connectivity index (χ0) is 15.1. The van der Waals surface area contributed by atoms with Crippen LogP contribution in [0.3, 0.4) is 0 Å². The molecule has 1 aromatic heterocycles. The van der Waals surface area contributed by atoms with Crippen LogP contribution in [0.2, 0.25) is 0 Å². The number of anilines is 1. The van der Waals surface area contributed by atoms with Crippen LogP contribution in [0.4, 0.5) is 5.13 Å². The number of para-hydroxylation sites is 1. The number of amides is 1. The van der Waals surface area contributed by atoms with Gasteiger partial charge in [-0.25, -0.2) is 9.88 Å². The summed E-state index contributed by atoms with van der Waals surface area (Å²) in [7, 11) is 0. The van der Waals surface area contributed by atoms with Crippen molar-refractivity contribution in [1.82, 2.24) is 4.98 Å². The van der Waals surface area contributed by atoms with E-state index in [1.165, 1.54) is 28.0 Å². The lowest BCUT2D eigenvalue weighted by Crippen LogP contribution is -2.29. The van der Waals surface area contributed by atoms with Gasteiger partial charge in [0.15, 0.2) is 10.3 Å². The molecule has 2 aromatic carbocycles. The Hall–Kier alpha value is -2.18. The Labute approximate surface area is 135 Å². The molecule has 22 heavy (non-hydrogen) atoms. The molecule has 1 saturated heterocycles. The van der Waals surface area contributed by atoms with Crippen LogP contribution in [0, 0.1) is 5.41 Å². The molecule has 1 atom stereocenters. The van der Waals surface area contributed by atoms with Gasteiger partial charge in [-0.15, -0.1) is 0 Å². The van der Waals surface area contributed by atoms with Crippen molar-refractivity contribution < 1.29 is 4.79 Å². The summed E-state index contributed by atoms with van der Waals surface area (Å²) in [6, 6.07) is 17.3. The van der Waals surface area contributed by atoms with Gasteiger partial charge in [-0.2, -0.15) is 0 Å². The average molecular weight is 325 g/mol. The fourth-order valence-corrected chi connectivity index (χ4v) is 4.45. The van der Waals surface area contributed by atoms with Gasteiger partial charge in [0.1, 0.15) is 5.25 Å². The van der Waals surface area contributed by atoms with Crippen LogP contribution < -0.4 is 4.90 Å². The number of benzene rings is 2. The van der Waals surface area contributed by atoms with Gasteiger partial charge in [0.25, 0.3) is 5.91 Å². The second kappa shape index (κ2) is 5.23. The van der Waals surface area contributed by atoms with Gasteiger partial charge in [-0.05, 0) is 17.7 Å². The normalized spacial score (nSPS) is 18.4. The molecule has 108 valence electrons. The second-order valence-electron chi connectivity index (χ2n) is 4.85. The minimum Gasteiger partial charge on any atom is -0.278 e. The zero-order valence-corrected chi connectivity index (χ0v) is 13.0. The van der Waals surface area contributed by atoms with Gasteiger partial charge in [0.2, 0.25) is 0 Å². The number of carbonyl (C=O) groups is 1. The van der Waals surface area contributed by atoms with Crippen molar-refractivity contribution in [3.63, 3.8) is 0 Å². The number of nitrogens with one attached hydrogen (secondary N) is 1. The van der Waals surface area contributed by atoms with Crippen LogP contribution in [-0.4, -0.2) is 16.1 Å². The smallest absolute Gasteiger partial charge is 0.253 e. The molecule has 4 rings (SSSR count). The second-order valence-corrected chi connectivity index (χ2v) is 6.95. The standard InChI is InChI=1S/C16H11N3OS2/c17-15-19(16-18-11-8-4-5-9-12(11)21-16)14(20)13(22-15)10-6-2-1-3-7-10/h1-9,13,17H/t13-/m1/s1. The molecule has 1 N–H and O–H groups in total. The number of carbonyl (C=O) groups excluding carboxylic acids is 1. The minimum absolute atomic E-state index is 0.0970. The molecule has 0 spiro atoms. The van der Waals surface area contributed by atoms with E-state index >= 15 is 0 Å². The molecule has 0 unspecified atom stereocenters. The molecule has 0 saturated carbocycles. The van der Waals surface area contributed by atoms with E-state index in [-0.39, 0.29) is 16.3 Å². The molecule has 1 aliphatic heterocycles. The van der Waals surface area contributed by atoms with Gasteiger partial charge in [0, 0.05) is 0 Å². The Bertz CT molecular complexity index is 842. The fraction of sp³-hybridized carbons (Fsp3) is 0.0625. The minimum atomic E-state index is -0.360. The molecular weight excluding hydrogens is 314 g/mol. The van der Waals surface area contributed by atoms with Crippen LogP contribution in [-0.2, 0) is 4.79 Å². The number of hydrogen-bond acceptors (Lipinski definition) is 5. The fourth-order valence-electron chi connectivity index (χ4n) is 2.41. The Morgan fingerprint density at radius 1 is 1.05 bits per heavy atom. The number of amidine groups is 1. The number of thiazole rings is 1. The third-order valence-corrected chi connectivity index (χ3v) is 5.59. The van der Waals surface area contributed by atoms with Crippen LogP contribution in [0.15, 0.2) is 54.6 Å². The van der Waals surface area contributed by atoms with Crippen molar-refractivity contribution in [3.8, 4) is 0 Å². The van der Waals surface area contributed by atoms with Gasteiger partial charge in [0.05, 0.1) is 10.2 Å². The van der Waals surface area contributed by atoms with Crippen molar-refractivity contribution in [3.05, 3.63) is 60.2 Å². The van der Waals surface area contributed by atoms with Gasteiger partial charge >= 0.3 is 0 Å². The first-order valence-electron chi connectivity index (χ1n) is 6.74. The lowest BCUT2D eigenvalue weighted by Gasteiger charge is -2.11. The first-order chi connectivity index (χ1) is 10.7. The van der Waals surface area contributed by atoms with E-state index in [2.05, 4.69) is 4.98 Å². The predicted molar refractivity (Wildman–Crippen MR) is 91.6 cm³/mol. The summed E-state index contributed by atoms with van der Waals surface area (Å²) in [5.41, 5.74) is 1.78. The monoisotopic (exact) mass is 325 g/mol. The van der Waals surface area contributed by atoms with Crippen molar-refractivity contribution >= 4 is 49.5 Å². The highest BCUT2D eigenvalue weighted by molar-refractivity contribution is 8.15. The summed E-state index contributed by atoms with van der Waals surface area (Å²) < 4.78 is 1.02. The largest absolute Gasteiger partial charge is 0.278 e. The van der Waals surface area contributed by atoms with Crippen LogP contribution >= 0.6 is 23.1 Å². The van der Waals surface area contributed by atoms with E-state index in [1.807, 2.05) is 54.6 Å². The van der Waals surface area contributed by atoms with Gasteiger partial charge in [-0.1, -0.05) is 65.6 Å². The maximum absolute atomic E-state index is 12.7. The number of hydrogen-bond donors (Lipinski definition) is 1. The van der Waals surface area contributed by atoms with Crippen molar-refractivity contribution in [1.29, 1.82) is 5.41 Å². The molecule has 0 bridgehead atoms. The summed E-state index contributed by atoms with van der Waals surface area (Å²) in [4.78, 5) is 18.6. The topological polar surface area (TPSA) is 57.1 Å². The Balaban J connectivity index is 1.73. The Morgan fingerprint density at radius 3 is 2.55 bits per heavy atom. The molecule has 2 heterocycles. The number of aromatic nitrogens is 1. The SMILES string of the molecule is N=C1S[C@H](c2ccccc2)C(=O)N1c1nc2ccccc2s1. The molecule has 1 aliphatic rings. The first-order valence-corrected chi connectivity index (χ1v) is 8.43. The summed E-state index contributed by atoms with van der Waals surface area (Å²) in [6.45, 7) is 0. The summed E-state index contributed by atoms with van der Waals surface area (Å²) >= 11 is 2.71. The molecule has 1 fully saturated rings. The molecule has 0 aliphatic carbocycles. The highest BCUT2D eigenvalue weighted by Gasteiger charge is 2.40. The lowest BCUT2D eigenvalue weighted by atomic mass is 10.1. The van der Waals surface area contributed by atoms with Crippen molar-refractivity contribution in [2.45, 2.75) is 5.25 Å². The van der Waals surface area contributed by atoms with Crippen molar-refractivity contribution in [2.75, 3.05) is 4.90 Å². The van der Waals surface area contributed by atoms with E-state index in [1.54, 1.807) is 0 Å². The quantitative estimate of drug-likeness (QED) is 0.773. The number of thioether (sulfide) groups is 1. The Kier molecular flexibility index (Phi) is 3.20. The molecule has 3 aromatic rings. The van der Waals surface area contributed by atoms with E-state index < -0.39 is 0 Å². The summed E-state index contributed by atoms with van der Waals surface area (Å²) in [6.07, 6.45) is 0. The van der Waals surface area contributed by atoms with E-state index in [0.29, 0.717) is 5.13 Å². The summed E-state index contributed by atoms with van der Waals surface area (Å²) in [5.74, 6) is -0.0970. The number of nitrogens with zero attached hydrogens (tertiary/aromatic N) is 2. The maximum atomic E-state index is 12.7. The highest BCUT2D eigenvalue weighted by Crippen LogP contribution is 2.42. The average Bonchev–Trinajstić information content (AvgIpc) is 3.08. The first kappa shape index (κ1) is 13.5. The number of rotatable bonds is 2. The zero-order valence-electron chi connectivity index (χ0n) is 11.4. The van der Waals surface area contributed by atoms with Crippen LogP contribution in [0.5, 0.6) is 0 Å².